The molecule has 0 atom stereocenters. The summed E-state index contributed by atoms with van der Waals surface area (Å²) in [5.74, 6) is 0.814. The first-order chi connectivity index (χ1) is 12.8. The van der Waals surface area contributed by atoms with Crippen LogP contribution in [0.3, 0.4) is 0 Å². The second-order valence-electron chi connectivity index (χ2n) is 6.71. The molecule has 1 aliphatic heterocycles. The summed E-state index contributed by atoms with van der Waals surface area (Å²) in [6.45, 7) is 3.69. The molecular weight excluding hydrogens is 348 g/mol. The Bertz CT molecular complexity index is 896. The van der Waals surface area contributed by atoms with Gasteiger partial charge in [0.25, 0.3) is 5.91 Å². The van der Waals surface area contributed by atoms with E-state index in [4.69, 9.17) is 14.2 Å². The van der Waals surface area contributed by atoms with Gasteiger partial charge in [-0.15, -0.1) is 0 Å². The lowest BCUT2D eigenvalue weighted by Crippen LogP contribution is -2.26. The van der Waals surface area contributed by atoms with Crippen LogP contribution in [0.15, 0.2) is 30.3 Å². The summed E-state index contributed by atoms with van der Waals surface area (Å²) in [5, 5.41) is 5.69. The fraction of sp³-hybridized carbons (Fsp3) is 0.300. The van der Waals surface area contributed by atoms with E-state index in [0.29, 0.717) is 28.5 Å². The Kier molecular flexibility index (Phi) is 4.70. The highest BCUT2D eigenvalue weighted by molar-refractivity contribution is 6.08. The van der Waals surface area contributed by atoms with Crippen molar-refractivity contribution in [3.8, 4) is 17.2 Å². The van der Waals surface area contributed by atoms with Crippen molar-refractivity contribution in [2.24, 2.45) is 0 Å². The van der Waals surface area contributed by atoms with Crippen LogP contribution in [0.2, 0.25) is 0 Å². The molecule has 0 aliphatic carbocycles. The number of nitrogens with one attached hydrogen (secondary N) is 2. The van der Waals surface area contributed by atoms with Crippen molar-refractivity contribution < 1.29 is 23.8 Å². The summed E-state index contributed by atoms with van der Waals surface area (Å²) in [6, 6.07) is 8.50. The number of fused-ring (bicyclic) bond motifs is 1. The van der Waals surface area contributed by atoms with Crippen LogP contribution in [-0.2, 0) is 10.2 Å². The van der Waals surface area contributed by atoms with Gasteiger partial charge in [-0.3, -0.25) is 9.59 Å². The van der Waals surface area contributed by atoms with E-state index >= 15 is 0 Å². The number of rotatable bonds is 5. The normalized spacial score (nSPS) is 14.2. The van der Waals surface area contributed by atoms with Crippen molar-refractivity contribution >= 4 is 23.2 Å². The summed E-state index contributed by atoms with van der Waals surface area (Å²) >= 11 is 0. The van der Waals surface area contributed by atoms with Gasteiger partial charge in [-0.1, -0.05) is 0 Å². The van der Waals surface area contributed by atoms with Crippen LogP contribution in [0.1, 0.15) is 29.8 Å². The highest BCUT2D eigenvalue weighted by Gasteiger charge is 2.38. The molecule has 2 N–H and O–H groups in total. The van der Waals surface area contributed by atoms with Crippen molar-refractivity contribution in [1.82, 2.24) is 0 Å². The predicted octanol–water partition coefficient (Wildman–Crippen LogP) is 3.19. The first-order valence-corrected chi connectivity index (χ1v) is 8.39. The lowest BCUT2D eigenvalue weighted by atomic mass is 9.86. The summed E-state index contributed by atoms with van der Waals surface area (Å²) in [4.78, 5) is 24.8. The largest absolute Gasteiger partial charge is 0.493 e. The monoisotopic (exact) mass is 370 g/mol. The molecule has 1 heterocycles. The second-order valence-corrected chi connectivity index (χ2v) is 6.71. The van der Waals surface area contributed by atoms with Crippen LogP contribution in [0.5, 0.6) is 17.2 Å². The smallest absolute Gasteiger partial charge is 0.255 e. The molecule has 7 heteroatoms. The maximum Gasteiger partial charge on any atom is 0.255 e. The minimum Gasteiger partial charge on any atom is -0.493 e. The van der Waals surface area contributed by atoms with Crippen molar-refractivity contribution in [1.29, 1.82) is 0 Å². The summed E-state index contributed by atoms with van der Waals surface area (Å²) < 4.78 is 15.9. The van der Waals surface area contributed by atoms with E-state index in [1.165, 1.54) is 21.3 Å². The SMILES string of the molecule is COc1cc(C(=O)Nc2ccc3c(c2)C(C)(C)C(=O)N3)cc(OC)c1OC. The molecule has 27 heavy (non-hydrogen) atoms. The number of hydrogen-bond donors (Lipinski definition) is 2. The highest BCUT2D eigenvalue weighted by Crippen LogP contribution is 2.40. The number of carbonyl (C=O) groups is 2. The van der Waals surface area contributed by atoms with Gasteiger partial charge in [0.15, 0.2) is 11.5 Å². The minimum atomic E-state index is -0.650. The average molecular weight is 370 g/mol. The fourth-order valence-electron chi connectivity index (χ4n) is 3.06. The molecule has 0 saturated carbocycles. The topological polar surface area (TPSA) is 85.9 Å². The van der Waals surface area contributed by atoms with Crippen LogP contribution in [-0.4, -0.2) is 33.1 Å². The summed E-state index contributed by atoms with van der Waals surface area (Å²) in [6.07, 6.45) is 0. The standard InChI is InChI=1S/C20H22N2O5/c1-20(2)13-10-12(6-7-14(13)22-19(20)24)21-18(23)11-8-15(25-3)17(27-5)16(9-11)26-4/h6-10H,1-5H3,(H,21,23)(H,22,24). The molecule has 1 aliphatic rings. The Morgan fingerprint density at radius 3 is 2.19 bits per heavy atom. The number of anilines is 2. The zero-order valence-corrected chi connectivity index (χ0v) is 15.9. The van der Waals surface area contributed by atoms with Crippen molar-refractivity contribution in [2.75, 3.05) is 32.0 Å². The van der Waals surface area contributed by atoms with E-state index < -0.39 is 5.41 Å². The van der Waals surface area contributed by atoms with Crippen LogP contribution < -0.4 is 24.8 Å². The van der Waals surface area contributed by atoms with Gasteiger partial charge in [0.05, 0.1) is 26.7 Å². The van der Waals surface area contributed by atoms with Gasteiger partial charge < -0.3 is 24.8 Å². The number of benzene rings is 2. The van der Waals surface area contributed by atoms with Crippen molar-refractivity contribution in [3.63, 3.8) is 0 Å². The van der Waals surface area contributed by atoms with E-state index in [1.807, 2.05) is 19.9 Å². The maximum absolute atomic E-state index is 12.7. The predicted molar refractivity (Wildman–Crippen MR) is 102 cm³/mol. The molecule has 2 amide bonds. The maximum atomic E-state index is 12.7. The Balaban J connectivity index is 1.91. The van der Waals surface area contributed by atoms with Crippen LogP contribution in [0, 0.1) is 0 Å². The van der Waals surface area contributed by atoms with Crippen molar-refractivity contribution in [2.45, 2.75) is 19.3 Å². The van der Waals surface area contributed by atoms with Crippen molar-refractivity contribution in [3.05, 3.63) is 41.5 Å². The molecule has 0 fully saturated rings. The Morgan fingerprint density at radius 1 is 1.00 bits per heavy atom. The van der Waals surface area contributed by atoms with Gasteiger partial charge in [0.2, 0.25) is 11.7 Å². The molecule has 0 unspecified atom stereocenters. The lowest BCUT2D eigenvalue weighted by Gasteiger charge is -2.16. The molecule has 142 valence electrons. The minimum absolute atomic E-state index is 0.0643. The zero-order chi connectivity index (χ0) is 19.8. The Hall–Kier alpha value is -3.22. The highest BCUT2D eigenvalue weighted by atomic mass is 16.5. The van der Waals surface area contributed by atoms with Gasteiger partial charge in [0, 0.05) is 16.9 Å². The van der Waals surface area contributed by atoms with Crippen LogP contribution in [0.4, 0.5) is 11.4 Å². The van der Waals surface area contributed by atoms with Gasteiger partial charge in [-0.2, -0.15) is 0 Å². The third kappa shape index (κ3) is 3.16. The Morgan fingerprint density at radius 2 is 1.63 bits per heavy atom. The Labute approximate surface area is 157 Å². The third-order valence-electron chi connectivity index (χ3n) is 4.69. The van der Waals surface area contributed by atoms with E-state index in [-0.39, 0.29) is 11.8 Å². The molecule has 7 nitrogen and oxygen atoms in total. The quantitative estimate of drug-likeness (QED) is 0.844. The number of ether oxygens (including phenoxy) is 3. The lowest BCUT2D eigenvalue weighted by molar-refractivity contribution is -0.119. The van der Waals surface area contributed by atoms with Gasteiger partial charge >= 0.3 is 0 Å². The molecule has 0 radical (unpaired) electrons. The van der Waals surface area contributed by atoms with Gasteiger partial charge in [-0.05, 0) is 49.7 Å². The number of amides is 2. The first kappa shape index (κ1) is 18.6. The molecular formula is C20H22N2O5. The summed E-state index contributed by atoms with van der Waals surface area (Å²) in [7, 11) is 4.48. The molecule has 0 saturated heterocycles. The molecule has 0 aromatic heterocycles. The number of hydrogen-bond acceptors (Lipinski definition) is 5. The van der Waals surface area contributed by atoms with Gasteiger partial charge in [-0.25, -0.2) is 0 Å². The zero-order valence-electron chi connectivity index (χ0n) is 15.9. The van der Waals surface area contributed by atoms with Crippen LogP contribution >= 0.6 is 0 Å². The van der Waals surface area contributed by atoms with Crippen LogP contribution in [0.25, 0.3) is 0 Å². The van der Waals surface area contributed by atoms with E-state index in [2.05, 4.69) is 10.6 Å². The molecule has 0 spiro atoms. The molecule has 3 rings (SSSR count). The number of carbonyl (C=O) groups excluding carboxylic acids is 2. The molecule has 2 aromatic carbocycles. The second kappa shape index (κ2) is 6.83. The molecule has 2 aromatic rings. The number of methoxy groups -OCH3 is 3. The van der Waals surface area contributed by atoms with E-state index in [1.54, 1.807) is 24.3 Å². The summed E-state index contributed by atoms with van der Waals surface area (Å²) in [5.41, 5.74) is 1.91. The van der Waals surface area contributed by atoms with E-state index in [9.17, 15) is 9.59 Å². The average Bonchev–Trinajstić information content (AvgIpc) is 2.89. The first-order valence-electron chi connectivity index (χ1n) is 8.39. The third-order valence-corrected chi connectivity index (χ3v) is 4.69. The van der Waals surface area contributed by atoms with E-state index in [0.717, 1.165) is 11.3 Å². The molecule has 0 bridgehead atoms. The fourth-order valence-corrected chi connectivity index (χ4v) is 3.06. The van der Waals surface area contributed by atoms with Gasteiger partial charge in [0.1, 0.15) is 0 Å².